The van der Waals surface area contributed by atoms with Crippen LogP contribution < -0.4 is 0 Å². The molecule has 0 aliphatic carbocycles. The third-order valence-corrected chi connectivity index (χ3v) is 7.36. The van der Waals surface area contributed by atoms with Crippen LogP contribution in [0.25, 0.3) is 0 Å². The van der Waals surface area contributed by atoms with Crippen molar-refractivity contribution in [3.05, 3.63) is 0 Å². The highest BCUT2D eigenvalue weighted by Crippen LogP contribution is 2.55. The Morgan fingerprint density at radius 3 is 1.10 bits per heavy atom. The maximum Gasteiger partial charge on any atom is 0.479 e. The molecule has 122 valence electrons. The standard InChI is InChI=1S/C9H15Br3Cl3O4P/c1-4(10)7(13)17-20(16,18-8(14)5(2)11)19-9(15)6(3)12/h4-9H,1-3H3. The molecule has 6 unspecified atom stereocenters. The molecular weight excluding hydrogens is 549 g/mol. The lowest BCUT2D eigenvalue weighted by molar-refractivity contribution is 0.0871. The van der Waals surface area contributed by atoms with E-state index in [4.69, 9.17) is 48.4 Å². The number of phosphoric acid groups is 1. The number of halogens is 6. The van der Waals surface area contributed by atoms with Crippen LogP contribution in [0.5, 0.6) is 0 Å². The van der Waals surface area contributed by atoms with Crippen molar-refractivity contribution >= 4 is 90.4 Å². The number of alkyl halides is 6. The van der Waals surface area contributed by atoms with Gasteiger partial charge in [-0.05, 0) is 20.8 Å². The second-order valence-corrected chi connectivity index (χ2v) is 11.0. The van der Waals surface area contributed by atoms with Gasteiger partial charge in [-0.1, -0.05) is 82.6 Å². The van der Waals surface area contributed by atoms with E-state index in [2.05, 4.69) is 47.8 Å². The van der Waals surface area contributed by atoms with E-state index in [9.17, 15) is 4.57 Å². The summed E-state index contributed by atoms with van der Waals surface area (Å²) in [5.41, 5.74) is -2.82. The Labute approximate surface area is 159 Å². The first-order valence-corrected chi connectivity index (χ1v) is 11.0. The van der Waals surface area contributed by atoms with Gasteiger partial charge in [0.2, 0.25) is 0 Å². The van der Waals surface area contributed by atoms with E-state index in [1.807, 2.05) is 0 Å². The number of hydrogen-bond donors (Lipinski definition) is 0. The fourth-order valence-electron chi connectivity index (χ4n) is 0.696. The molecule has 0 amide bonds. The van der Waals surface area contributed by atoms with Crippen LogP contribution in [0.2, 0.25) is 0 Å². The summed E-state index contributed by atoms with van der Waals surface area (Å²) >= 11 is 27.4. The van der Waals surface area contributed by atoms with Crippen molar-refractivity contribution in [3.63, 3.8) is 0 Å². The molecule has 6 atom stereocenters. The SMILES string of the molecule is CC(Br)C(Cl)OP(=O)(OC(Cl)C(C)Br)OC(Cl)C(C)Br. The third kappa shape index (κ3) is 8.90. The summed E-state index contributed by atoms with van der Waals surface area (Å²) < 4.78 is 28.1. The molecule has 11 heteroatoms. The summed E-state index contributed by atoms with van der Waals surface area (Å²) in [5, 5.41) is 0. The maximum atomic E-state index is 12.6. The topological polar surface area (TPSA) is 44.8 Å². The first-order chi connectivity index (χ1) is 8.98. The molecule has 0 bridgehead atoms. The lowest BCUT2D eigenvalue weighted by atomic mass is 10.5. The summed E-state index contributed by atoms with van der Waals surface area (Å²) in [7, 11) is -4.04. The van der Waals surface area contributed by atoms with Gasteiger partial charge in [-0.3, -0.25) is 13.6 Å². The molecule has 0 aliphatic rings. The van der Waals surface area contributed by atoms with Gasteiger partial charge in [-0.15, -0.1) is 0 Å². The molecule has 0 radical (unpaired) electrons. The van der Waals surface area contributed by atoms with Crippen molar-refractivity contribution in [2.75, 3.05) is 0 Å². The van der Waals surface area contributed by atoms with Gasteiger partial charge in [-0.25, -0.2) is 4.57 Å². The summed E-state index contributed by atoms with van der Waals surface area (Å²) in [4.78, 5) is -0.847. The minimum Gasteiger partial charge on any atom is -0.266 e. The normalized spacial score (nSPS) is 24.2. The lowest BCUT2D eigenvalue weighted by Crippen LogP contribution is -2.23. The van der Waals surface area contributed by atoms with Gasteiger partial charge in [-0.2, -0.15) is 0 Å². The summed E-state index contributed by atoms with van der Waals surface area (Å²) in [6.45, 7) is 5.16. The maximum absolute atomic E-state index is 12.6. The fourth-order valence-corrected chi connectivity index (χ4v) is 3.84. The Morgan fingerprint density at radius 1 is 0.750 bits per heavy atom. The highest BCUT2D eigenvalue weighted by Gasteiger charge is 2.38. The van der Waals surface area contributed by atoms with Crippen LogP contribution in [-0.2, 0) is 18.1 Å². The van der Waals surface area contributed by atoms with Crippen LogP contribution in [0.4, 0.5) is 0 Å². The molecule has 20 heavy (non-hydrogen) atoms. The second kappa shape index (κ2) is 10.3. The molecular formula is C9H15Br3Cl3O4P. The molecule has 4 nitrogen and oxygen atoms in total. The quantitative estimate of drug-likeness (QED) is 0.248. The Bertz CT molecular complexity index is 288. The monoisotopic (exact) mass is 560 g/mol. The van der Waals surface area contributed by atoms with Gasteiger partial charge in [0.05, 0.1) is 14.5 Å². The second-order valence-electron chi connectivity index (χ2n) is 3.85. The van der Waals surface area contributed by atoms with Crippen LogP contribution in [0.3, 0.4) is 0 Å². The van der Waals surface area contributed by atoms with Crippen LogP contribution in [0.15, 0.2) is 0 Å². The van der Waals surface area contributed by atoms with Gasteiger partial charge < -0.3 is 0 Å². The van der Waals surface area contributed by atoms with Gasteiger partial charge in [0.25, 0.3) is 0 Å². The number of hydrogen-bond acceptors (Lipinski definition) is 4. The lowest BCUT2D eigenvalue weighted by Gasteiger charge is -2.26. The van der Waals surface area contributed by atoms with Gasteiger partial charge in [0.15, 0.2) is 16.7 Å². The van der Waals surface area contributed by atoms with E-state index in [1.165, 1.54) is 0 Å². The molecule has 0 saturated carbocycles. The van der Waals surface area contributed by atoms with Crippen molar-refractivity contribution in [2.45, 2.75) is 51.9 Å². The fraction of sp³-hybridized carbons (Fsp3) is 1.00. The Morgan fingerprint density at radius 2 is 0.950 bits per heavy atom. The number of phosphoric ester groups is 1. The molecule has 0 aromatic rings. The summed E-state index contributed by atoms with van der Waals surface area (Å²) in [6, 6.07) is 0. The first-order valence-electron chi connectivity index (χ1n) is 5.48. The number of rotatable bonds is 9. The van der Waals surface area contributed by atoms with Crippen molar-refractivity contribution < 1.29 is 18.1 Å². The Hall–Kier alpha value is 2.42. The predicted molar refractivity (Wildman–Crippen MR) is 95.0 cm³/mol. The molecule has 0 heterocycles. The summed E-state index contributed by atoms with van der Waals surface area (Å²) in [5.74, 6) is 0. The van der Waals surface area contributed by atoms with E-state index >= 15 is 0 Å². The van der Waals surface area contributed by atoms with Crippen LogP contribution in [-0.4, -0.2) is 31.2 Å². The highest BCUT2D eigenvalue weighted by molar-refractivity contribution is 9.10. The average molecular weight is 564 g/mol. The van der Waals surface area contributed by atoms with Gasteiger partial charge in [0, 0.05) is 0 Å². The smallest absolute Gasteiger partial charge is 0.266 e. The van der Waals surface area contributed by atoms with Crippen LogP contribution >= 0.6 is 90.4 Å². The minimum absolute atomic E-state index is 0.282. The van der Waals surface area contributed by atoms with Crippen molar-refractivity contribution in [1.82, 2.24) is 0 Å². The molecule has 0 saturated heterocycles. The molecule has 0 N–H and O–H groups in total. The Kier molecular flexibility index (Phi) is 11.6. The van der Waals surface area contributed by atoms with Crippen LogP contribution in [0.1, 0.15) is 20.8 Å². The van der Waals surface area contributed by atoms with E-state index in [0.717, 1.165) is 0 Å². The van der Waals surface area contributed by atoms with Gasteiger partial charge >= 0.3 is 7.82 Å². The molecule has 0 fully saturated rings. The van der Waals surface area contributed by atoms with Crippen molar-refractivity contribution in [2.24, 2.45) is 0 Å². The van der Waals surface area contributed by atoms with Crippen LogP contribution in [0, 0.1) is 0 Å². The molecule has 0 rings (SSSR count). The largest absolute Gasteiger partial charge is 0.479 e. The van der Waals surface area contributed by atoms with E-state index < -0.39 is 24.5 Å². The minimum atomic E-state index is -4.04. The molecule has 0 spiro atoms. The molecule has 0 aromatic carbocycles. The van der Waals surface area contributed by atoms with E-state index in [0.29, 0.717) is 0 Å². The molecule has 0 aliphatic heterocycles. The first kappa shape index (κ1) is 22.4. The van der Waals surface area contributed by atoms with Crippen molar-refractivity contribution in [1.29, 1.82) is 0 Å². The Balaban J connectivity index is 4.97. The van der Waals surface area contributed by atoms with Gasteiger partial charge in [0.1, 0.15) is 0 Å². The zero-order valence-electron chi connectivity index (χ0n) is 10.8. The third-order valence-electron chi connectivity index (χ3n) is 1.77. The zero-order valence-corrected chi connectivity index (χ0v) is 18.7. The van der Waals surface area contributed by atoms with E-state index in [-0.39, 0.29) is 14.5 Å². The molecule has 0 aromatic heterocycles. The van der Waals surface area contributed by atoms with Crippen molar-refractivity contribution in [3.8, 4) is 0 Å². The zero-order chi connectivity index (χ0) is 16.1. The van der Waals surface area contributed by atoms with E-state index in [1.54, 1.807) is 20.8 Å². The highest BCUT2D eigenvalue weighted by atomic mass is 79.9. The predicted octanol–water partition coefficient (Wildman–Crippen LogP) is 6.19. The average Bonchev–Trinajstić information content (AvgIpc) is 2.27. The summed E-state index contributed by atoms with van der Waals surface area (Å²) in [6.07, 6.45) is 0.